The molecule has 0 aromatic carbocycles. The van der Waals surface area contributed by atoms with Crippen molar-refractivity contribution in [3.8, 4) is 6.07 Å². The summed E-state index contributed by atoms with van der Waals surface area (Å²) in [5, 5.41) is 13.4. The van der Waals surface area contributed by atoms with Gasteiger partial charge in [0.05, 0.1) is 22.0 Å². The molecule has 1 fully saturated rings. The predicted octanol–water partition coefficient (Wildman–Crippen LogP) is 4.41. The minimum atomic E-state index is 0.616. The van der Waals surface area contributed by atoms with Crippen LogP contribution in [-0.2, 0) is 6.42 Å². The van der Waals surface area contributed by atoms with Gasteiger partial charge in [0, 0.05) is 16.2 Å². The van der Waals surface area contributed by atoms with Crippen molar-refractivity contribution in [1.82, 2.24) is 9.97 Å². The Kier molecular flexibility index (Phi) is 3.68. The van der Waals surface area contributed by atoms with Crippen LogP contribution >= 0.6 is 22.7 Å². The van der Waals surface area contributed by atoms with Gasteiger partial charge in [-0.2, -0.15) is 5.26 Å². The lowest BCUT2D eigenvalue weighted by molar-refractivity contribution is 1.04. The summed E-state index contributed by atoms with van der Waals surface area (Å²) >= 11 is 3.29. The number of thiazole rings is 2. The van der Waals surface area contributed by atoms with Gasteiger partial charge < -0.3 is 0 Å². The molecule has 5 heteroatoms. The van der Waals surface area contributed by atoms with E-state index in [-0.39, 0.29) is 0 Å². The lowest BCUT2D eigenvalue weighted by atomic mass is 10.2. The molecule has 1 saturated carbocycles. The minimum Gasteiger partial charge on any atom is -0.242 e. The van der Waals surface area contributed by atoms with Crippen molar-refractivity contribution < 1.29 is 0 Å². The van der Waals surface area contributed by atoms with Gasteiger partial charge in [-0.25, -0.2) is 9.97 Å². The number of rotatable bonds is 4. The summed E-state index contributed by atoms with van der Waals surface area (Å²) in [6, 6.07) is 2.26. The molecule has 0 aliphatic heterocycles. The summed E-state index contributed by atoms with van der Waals surface area (Å²) < 4.78 is 0. The van der Waals surface area contributed by atoms with Crippen molar-refractivity contribution >= 4 is 34.3 Å². The Balaban J connectivity index is 1.90. The Bertz CT molecular complexity index is 699. The summed E-state index contributed by atoms with van der Waals surface area (Å²) in [5.74, 6) is 0.668. The van der Waals surface area contributed by atoms with Crippen molar-refractivity contribution in [2.24, 2.45) is 0 Å². The summed E-state index contributed by atoms with van der Waals surface area (Å²) in [6.45, 7) is 4.15. The number of aryl methyl sites for hydroxylation is 2. The molecular formula is C15H15N3S2. The maximum atomic E-state index is 9.37. The molecule has 0 spiro atoms. The molecule has 0 unspecified atom stereocenters. The van der Waals surface area contributed by atoms with Crippen molar-refractivity contribution in [3.63, 3.8) is 0 Å². The van der Waals surface area contributed by atoms with E-state index in [2.05, 4.69) is 29.9 Å². The van der Waals surface area contributed by atoms with E-state index in [4.69, 9.17) is 0 Å². The quantitative estimate of drug-likeness (QED) is 0.786. The number of nitrogens with zero attached hydrogens (tertiary/aromatic N) is 3. The van der Waals surface area contributed by atoms with E-state index in [1.165, 1.54) is 22.7 Å². The number of hydrogen-bond donors (Lipinski definition) is 0. The molecule has 1 aliphatic carbocycles. The second-order valence-electron chi connectivity index (χ2n) is 4.93. The van der Waals surface area contributed by atoms with Gasteiger partial charge in [0.1, 0.15) is 11.1 Å². The molecule has 2 aromatic heterocycles. The zero-order chi connectivity index (χ0) is 14.1. The van der Waals surface area contributed by atoms with E-state index in [0.717, 1.165) is 22.8 Å². The van der Waals surface area contributed by atoms with Crippen molar-refractivity contribution in [2.75, 3.05) is 0 Å². The van der Waals surface area contributed by atoms with E-state index in [1.807, 2.05) is 11.5 Å². The minimum absolute atomic E-state index is 0.616. The van der Waals surface area contributed by atoms with Crippen LogP contribution in [0, 0.1) is 18.3 Å². The van der Waals surface area contributed by atoms with Crippen molar-refractivity contribution in [3.05, 3.63) is 31.7 Å². The van der Waals surface area contributed by atoms with Crippen LogP contribution in [0.5, 0.6) is 0 Å². The molecule has 0 saturated heterocycles. The molecule has 0 atom stereocenters. The molecule has 2 heterocycles. The maximum absolute atomic E-state index is 9.37. The Morgan fingerprint density at radius 2 is 2.30 bits per heavy atom. The van der Waals surface area contributed by atoms with Gasteiger partial charge in [-0.1, -0.05) is 6.92 Å². The van der Waals surface area contributed by atoms with Gasteiger partial charge in [0.2, 0.25) is 0 Å². The largest absolute Gasteiger partial charge is 0.242 e. The number of nitriles is 1. The Morgan fingerprint density at radius 3 is 2.90 bits per heavy atom. The van der Waals surface area contributed by atoms with Crippen LogP contribution in [0.3, 0.4) is 0 Å². The molecular weight excluding hydrogens is 286 g/mol. The second-order valence-corrected chi connectivity index (χ2v) is 7.02. The Labute approximate surface area is 126 Å². The van der Waals surface area contributed by atoms with Crippen LogP contribution in [0.25, 0.3) is 11.6 Å². The molecule has 102 valence electrons. The van der Waals surface area contributed by atoms with Crippen LogP contribution in [0.1, 0.15) is 52.0 Å². The SMILES string of the molecule is CCc1nc(/C(C#N)=C\c2csc(C3CC3)n2)sc1C. The Hall–Kier alpha value is -1.51. The van der Waals surface area contributed by atoms with Crippen LogP contribution in [0.4, 0.5) is 0 Å². The third-order valence-corrected chi connectivity index (χ3v) is 5.41. The van der Waals surface area contributed by atoms with E-state index in [0.29, 0.717) is 11.5 Å². The second kappa shape index (κ2) is 5.47. The fraction of sp³-hybridized carbons (Fsp3) is 0.400. The molecule has 0 radical (unpaired) electrons. The monoisotopic (exact) mass is 301 g/mol. The highest BCUT2D eigenvalue weighted by atomic mass is 32.1. The van der Waals surface area contributed by atoms with Gasteiger partial charge in [-0.05, 0) is 32.3 Å². The van der Waals surface area contributed by atoms with E-state index >= 15 is 0 Å². The first-order chi connectivity index (χ1) is 9.71. The van der Waals surface area contributed by atoms with Crippen LogP contribution in [0.15, 0.2) is 5.38 Å². The highest BCUT2D eigenvalue weighted by molar-refractivity contribution is 7.13. The maximum Gasteiger partial charge on any atom is 0.134 e. The van der Waals surface area contributed by atoms with Gasteiger partial charge in [0.25, 0.3) is 0 Å². The van der Waals surface area contributed by atoms with E-state index < -0.39 is 0 Å². The summed E-state index contributed by atoms with van der Waals surface area (Å²) in [7, 11) is 0. The van der Waals surface area contributed by atoms with E-state index in [1.54, 1.807) is 22.7 Å². The molecule has 0 N–H and O–H groups in total. The van der Waals surface area contributed by atoms with Crippen molar-refractivity contribution in [1.29, 1.82) is 5.26 Å². The fourth-order valence-corrected chi connectivity index (χ4v) is 3.96. The third-order valence-electron chi connectivity index (χ3n) is 3.34. The first-order valence-corrected chi connectivity index (χ1v) is 8.44. The first-order valence-electron chi connectivity index (χ1n) is 6.75. The number of allylic oxidation sites excluding steroid dienone is 1. The first kappa shape index (κ1) is 13.5. The lowest BCUT2D eigenvalue weighted by Gasteiger charge is -1.91. The highest BCUT2D eigenvalue weighted by Crippen LogP contribution is 2.41. The predicted molar refractivity (Wildman–Crippen MR) is 83.8 cm³/mol. The summed E-state index contributed by atoms with van der Waals surface area (Å²) in [6.07, 6.45) is 5.28. The van der Waals surface area contributed by atoms with Gasteiger partial charge >= 0.3 is 0 Å². The zero-order valence-corrected chi connectivity index (χ0v) is 13.1. The van der Waals surface area contributed by atoms with Gasteiger partial charge in [-0.15, -0.1) is 22.7 Å². The molecule has 3 nitrogen and oxygen atoms in total. The zero-order valence-electron chi connectivity index (χ0n) is 11.5. The van der Waals surface area contributed by atoms with Crippen molar-refractivity contribution in [2.45, 2.75) is 39.0 Å². The van der Waals surface area contributed by atoms with Crippen LogP contribution < -0.4 is 0 Å². The average molecular weight is 301 g/mol. The highest BCUT2D eigenvalue weighted by Gasteiger charge is 2.26. The summed E-state index contributed by atoms with van der Waals surface area (Å²) in [4.78, 5) is 10.4. The Morgan fingerprint density at radius 1 is 1.50 bits per heavy atom. The van der Waals surface area contributed by atoms with Crippen LogP contribution in [-0.4, -0.2) is 9.97 Å². The lowest BCUT2D eigenvalue weighted by Crippen LogP contribution is -1.85. The number of hydrogen-bond acceptors (Lipinski definition) is 5. The summed E-state index contributed by atoms with van der Waals surface area (Å²) in [5.41, 5.74) is 2.59. The molecule has 2 aromatic rings. The molecule has 0 bridgehead atoms. The smallest absolute Gasteiger partial charge is 0.134 e. The van der Waals surface area contributed by atoms with E-state index in [9.17, 15) is 5.26 Å². The molecule has 0 amide bonds. The standard InChI is InChI=1S/C15H15N3S2/c1-3-13-9(2)20-15(18-13)11(7-16)6-12-8-19-14(17-12)10-4-5-10/h6,8,10H,3-5H2,1-2H3/b11-6-. The van der Waals surface area contributed by atoms with Gasteiger partial charge in [0.15, 0.2) is 0 Å². The topological polar surface area (TPSA) is 49.6 Å². The normalized spacial score (nSPS) is 15.3. The third kappa shape index (κ3) is 2.67. The fourth-order valence-electron chi connectivity index (χ4n) is 2.05. The van der Waals surface area contributed by atoms with Gasteiger partial charge in [-0.3, -0.25) is 0 Å². The average Bonchev–Trinajstić information content (AvgIpc) is 3.08. The molecule has 3 rings (SSSR count). The van der Waals surface area contributed by atoms with Crippen LogP contribution in [0.2, 0.25) is 0 Å². The molecule has 1 aliphatic rings. The number of aromatic nitrogens is 2. The molecule has 20 heavy (non-hydrogen) atoms.